The van der Waals surface area contributed by atoms with Crippen molar-refractivity contribution in [2.45, 2.75) is 4.90 Å². The molecule has 1 aromatic heterocycles. The molecule has 1 saturated heterocycles. The molecule has 1 fully saturated rings. The minimum atomic E-state index is -3.84. The molecule has 2 aromatic rings. The highest BCUT2D eigenvalue weighted by Gasteiger charge is 2.31. The Kier molecular flexibility index (Phi) is 5.18. The predicted octanol–water partition coefficient (Wildman–Crippen LogP) is 0.739. The van der Waals surface area contributed by atoms with Gasteiger partial charge in [-0.25, -0.2) is 13.2 Å². The average Bonchev–Trinajstić information content (AvgIpc) is 3.04. The quantitative estimate of drug-likeness (QED) is 0.763. The number of hydrogen-bond acceptors (Lipinski definition) is 7. The normalized spacial score (nSPS) is 15.3. The lowest BCUT2D eigenvalue weighted by Gasteiger charge is -2.27. The number of nitriles is 1. The Morgan fingerprint density at radius 1 is 1.30 bits per heavy atom. The second-order valence-corrected chi connectivity index (χ2v) is 7.67. The lowest BCUT2D eigenvalue weighted by atomic mass is 10.2. The van der Waals surface area contributed by atoms with Crippen LogP contribution in [0.15, 0.2) is 35.4 Å². The molecule has 3 rings (SSSR count). The van der Waals surface area contributed by atoms with E-state index in [1.807, 2.05) is 6.07 Å². The molecule has 1 aliphatic rings. The van der Waals surface area contributed by atoms with Crippen molar-refractivity contribution in [1.29, 1.82) is 5.26 Å². The summed E-state index contributed by atoms with van der Waals surface area (Å²) in [5.41, 5.74) is 6.00. The smallest absolute Gasteiger partial charge is 0.357 e. The summed E-state index contributed by atoms with van der Waals surface area (Å²) >= 11 is 0. The van der Waals surface area contributed by atoms with Gasteiger partial charge in [-0.2, -0.15) is 9.57 Å². The predicted molar refractivity (Wildman–Crippen MR) is 95.8 cm³/mol. The minimum absolute atomic E-state index is 0.00320. The van der Waals surface area contributed by atoms with Crippen LogP contribution in [0.3, 0.4) is 0 Å². The first-order chi connectivity index (χ1) is 12.9. The van der Waals surface area contributed by atoms with Gasteiger partial charge in [-0.15, -0.1) is 0 Å². The second kappa shape index (κ2) is 7.40. The van der Waals surface area contributed by atoms with Gasteiger partial charge in [0, 0.05) is 19.3 Å². The first-order valence-corrected chi connectivity index (χ1v) is 9.52. The molecule has 9 nitrogen and oxygen atoms in total. The van der Waals surface area contributed by atoms with Crippen LogP contribution >= 0.6 is 0 Å². The molecule has 0 bridgehead atoms. The summed E-state index contributed by atoms with van der Waals surface area (Å²) in [5.74, 6) is -0.771. The largest absolute Gasteiger partial charge is 0.464 e. The molecule has 0 unspecified atom stereocenters. The molecule has 2 N–H and O–H groups in total. The number of esters is 1. The van der Waals surface area contributed by atoms with E-state index in [4.69, 9.17) is 15.2 Å². The van der Waals surface area contributed by atoms with E-state index in [0.29, 0.717) is 13.2 Å². The number of nitrogens with zero attached hydrogens (tertiary/aromatic N) is 3. The van der Waals surface area contributed by atoms with Crippen LogP contribution in [0.4, 0.5) is 5.69 Å². The Balaban J connectivity index is 2.21. The maximum Gasteiger partial charge on any atom is 0.357 e. The summed E-state index contributed by atoms with van der Waals surface area (Å²) in [6.07, 6.45) is 1.33. The summed E-state index contributed by atoms with van der Waals surface area (Å²) in [7, 11) is -2.66. The van der Waals surface area contributed by atoms with Crippen LogP contribution in [0.25, 0.3) is 5.69 Å². The van der Waals surface area contributed by atoms with Crippen LogP contribution in [-0.2, 0) is 19.5 Å². The standard InChI is InChI=1S/C17H18N4O5S/c1-25-17(22)16-15(19)12(10-18)11-21(16)13-4-2-3-5-14(13)27(23,24)20-6-8-26-9-7-20/h2-5,11H,6-9,19H2,1H3. The molecule has 2 heterocycles. The van der Waals surface area contributed by atoms with E-state index in [2.05, 4.69) is 0 Å². The van der Waals surface area contributed by atoms with E-state index >= 15 is 0 Å². The lowest BCUT2D eigenvalue weighted by Crippen LogP contribution is -2.41. The molecule has 27 heavy (non-hydrogen) atoms. The monoisotopic (exact) mass is 390 g/mol. The number of aromatic nitrogens is 1. The first kappa shape index (κ1) is 18.9. The van der Waals surface area contributed by atoms with E-state index in [9.17, 15) is 18.5 Å². The van der Waals surface area contributed by atoms with Crippen molar-refractivity contribution in [1.82, 2.24) is 8.87 Å². The number of nitrogen functional groups attached to an aromatic ring is 1. The van der Waals surface area contributed by atoms with E-state index < -0.39 is 16.0 Å². The molecule has 10 heteroatoms. The van der Waals surface area contributed by atoms with Crippen molar-refractivity contribution < 1.29 is 22.7 Å². The zero-order chi connectivity index (χ0) is 19.6. The molecule has 1 aromatic carbocycles. The average molecular weight is 390 g/mol. The Bertz CT molecular complexity index is 1020. The van der Waals surface area contributed by atoms with Crippen LogP contribution in [0, 0.1) is 11.3 Å². The Morgan fingerprint density at radius 2 is 1.96 bits per heavy atom. The SMILES string of the molecule is COC(=O)c1c(N)c(C#N)cn1-c1ccccc1S(=O)(=O)N1CCOCC1. The van der Waals surface area contributed by atoms with Crippen molar-refractivity contribution in [3.8, 4) is 11.8 Å². The van der Waals surface area contributed by atoms with Gasteiger partial charge >= 0.3 is 5.97 Å². The van der Waals surface area contributed by atoms with Gasteiger partial charge in [0.15, 0.2) is 5.69 Å². The fraction of sp³-hybridized carbons (Fsp3) is 0.294. The number of rotatable bonds is 4. The maximum atomic E-state index is 13.1. The third kappa shape index (κ3) is 3.28. The minimum Gasteiger partial charge on any atom is -0.464 e. The molecular weight excluding hydrogens is 372 g/mol. The van der Waals surface area contributed by atoms with Gasteiger partial charge in [-0.1, -0.05) is 12.1 Å². The van der Waals surface area contributed by atoms with Gasteiger partial charge in [0.25, 0.3) is 0 Å². The summed E-state index contributed by atoms with van der Waals surface area (Å²) < 4.78 is 38.9. The number of carbonyl (C=O) groups excluding carboxylic acids is 1. The fourth-order valence-corrected chi connectivity index (χ4v) is 4.49. The van der Waals surface area contributed by atoms with Crippen molar-refractivity contribution in [3.63, 3.8) is 0 Å². The number of methoxy groups -OCH3 is 1. The highest BCUT2D eigenvalue weighted by Crippen LogP contribution is 2.30. The topological polar surface area (TPSA) is 128 Å². The first-order valence-electron chi connectivity index (χ1n) is 8.08. The molecule has 142 valence electrons. The second-order valence-electron chi connectivity index (χ2n) is 5.76. The fourth-order valence-electron chi connectivity index (χ4n) is 2.90. The van der Waals surface area contributed by atoms with Gasteiger partial charge in [-0.05, 0) is 12.1 Å². The van der Waals surface area contributed by atoms with Crippen molar-refractivity contribution >= 4 is 21.7 Å². The highest BCUT2D eigenvalue weighted by atomic mass is 32.2. The summed E-state index contributed by atoms with van der Waals surface area (Å²) in [5, 5.41) is 9.25. The molecule has 0 spiro atoms. The molecule has 1 aliphatic heterocycles. The number of carbonyl (C=O) groups is 1. The number of nitrogens with two attached hydrogens (primary N) is 1. The van der Waals surface area contributed by atoms with Crippen LogP contribution in [0.5, 0.6) is 0 Å². The Morgan fingerprint density at radius 3 is 2.59 bits per heavy atom. The van der Waals surface area contributed by atoms with Gasteiger partial charge < -0.3 is 19.8 Å². The highest BCUT2D eigenvalue weighted by molar-refractivity contribution is 7.89. The third-order valence-electron chi connectivity index (χ3n) is 4.26. The third-order valence-corrected chi connectivity index (χ3v) is 6.20. The summed E-state index contributed by atoms with van der Waals surface area (Å²) in [6.45, 7) is 1.09. The zero-order valence-corrected chi connectivity index (χ0v) is 15.4. The van der Waals surface area contributed by atoms with Gasteiger partial charge in [0.2, 0.25) is 10.0 Å². The van der Waals surface area contributed by atoms with Gasteiger partial charge in [-0.3, -0.25) is 0 Å². The molecule has 0 saturated carbocycles. The lowest BCUT2D eigenvalue weighted by molar-refractivity contribution is 0.0593. The Hall–Kier alpha value is -2.87. The number of hydrogen-bond donors (Lipinski definition) is 1. The maximum absolute atomic E-state index is 13.1. The zero-order valence-electron chi connectivity index (χ0n) is 14.6. The van der Waals surface area contributed by atoms with Crippen LogP contribution < -0.4 is 5.73 Å². The summed E-state index contributed by atoms with van der Waals surface area (Å²) in [6, 6.07) is 8.11. The number of benzene rings is 1. The summed E-state index contributed by atoms with van der Waals surface area (Å²) in [4.78, 5) is 12.2. The Labute approximate surface area is 156 Å². The molecule has 0 amide bonds. The van der Waals surface area contributed by atoms with Crippen LogP contribution in [0.1, 0.15) is 16.1 Å². The molecule has 0 atom stereocenters. The van der Waals surface area contributed by atoms with E-state index in [1.165, 1.54) is 28.2 Å². The number of ether oxygens (including phenoxy) is 2. The van der Waals surface area contributed by atoms with Gasteiger partial charge in [0.05, 0.1) is 37.3 Å². The number of morpholine rings is 1. The number of sulfonamides is 1. The van der Waals surface area contributed by atoms with E-state index in [-0.39, 0.29) is 40.6 Å². The number of para-hydroxylation sites is 1. The van der Waals surface area contributed by atoms with Crippen LogP contribution in [-0.4, -0.2) is 56.7 Å². The van der Waals surface area contributed by atoms with Crippen LogP contribution in [0.2, 0.25) is 0 Å². The van der Waals surface area contributed by atoms with Crippen molar-refractivity contribution in [3.05, 3.63) is 41.7 Å². The van der Waals surface area contributed by atoms with E-state index in [1.54, 1.807) is 18.2 Å². The van der Waals surface area contributed by atoms with Crippen molar-refractivity contribution in [2.75, 3.05) is 39.1 Å². The molecule has 0 radical (unpaired) electrons. The van der Waals surface area contributed by atoms with Crippen molar-refractivity contribution in [2.24, 2.45) is 0 Å². The molecule has 0 aliphatic carbocycles. The van der Waals surface area contributed by atoms with Gasteiger partial charge in [0.1, 0.15) is 11.0 Å². The number of anilines is 1. The van der Waals surface area contributed by atoms with E-state index in [0.717, 1.165) is 0 Å². The molecular formula is C17H18N4O5S.